The number of imidazole rings is 1. The summed E-state index contributed by atoms with van der Waals surface area (Å²) in [5.41, 5.74) is 5.19. The third kappa shape index (κ3) is 4.29. The monoisotopic (exact) mass is 385 g/mol. The minimum absolute atomic E-state index is 0.0456. The van der Waals surface area contributed by atoms with E-state index in [9.17, 15) is 4.79 Å². The number of rotatable bonds is 5. The van der Waals surface area contributed by atoms with Crippen LogP contribution in [0.3, 0.4) is 0 Å². The van der Waals surface area contributed by atoms with Crippen LogP contribution in [0.15, 0.2) is 53.9 Å². The van der Waals surface area contributed by atoms with Gasteiger partial charge in [0.25, 0.3) is 0 Å². The normalized spacial score (nSPS) is 10.8. The fourth-order valence-corrected chi connectivity index (χ4v) is 3.78. The number of halogens is 1. The van der Waals surface area contributed by atoms with Gasteiger partial charge in [0.1, 0.15) is 0 Å². The van der Waals surface area contributed by atoms with Crippen LogP contribution in [-0.2, 0) is 4.79 Å². The third-order valence-corrected chi connectivity index (χ3v) is 5.20. The van der Waals surface area contributed by atoms with E-state index in [1.165, 1.54) is 17.3 Å². The van der Waals surface area contributed by atoms with E-state index in [2.05, 4.69) is 29.4 Å². The lowest BCUT2D eigenvalue weighted by molar-refractivity contribution is -0.113. The smallest absolute Gasteiger partial charge is 0.234 e. The molecule has 0 aliphatic carbocycles. The van der Waals surface area contributed by atoms with Crippen molar-refractivity contribution in [2.24, 2.45) is 0 Å². The molecule has 6 heteroatoms. The van der Waals surface area contributed by atoms with Crippen LogP contribution >= 0.6 is 23.4 Å². The van der Waals surface area contributed by atoms with Crippen molar-refractivity contribution < 1.29 is 4.79 Å². The van der Waals surface area contributed by atoms with Crippen molar-refractivity contribution in [2.45, 2.75) is 25.9 Å². The molecule has 0 radical (unpaired) electrons. The average molecular weight is 386 g/mol. The Balaban J connectivity index is 1.68. The highest BCUT2D eigenvalue weighted by atomic mass is 35.5. The number of thioether (sulfide) groups is 1. The number of nitrogens with zero attached hydrogens (tertiary/aromatic N) is 2. The summed E-state index contributed by atoms with van der Waals surface area (Å²) in [6.07, 6.45) is 3.60. The van der Waals surface area contributed by atoms with E-state index in [4.69, 9.17) is 11.6 Å². The van der Waals surface area contributed by atoms with Crippen LogP contribution < -0.4 is 5.32 Å². The van der Waals surface area contributed by atoms with Gasteiger partial charge in [0, 0.05) is 28.8 Å². The van der Waals surface area contributed by atoms with E-state index in [0.29, 0.717) is 5.02 Å². The average Bonchev–Trinajstić information content (AvgIpc) is 3.05. The summed E-state index contributed by atoms with van der Waals surface area (Å²) < 4.78 is 1.94. The van der Waals surface area contributed by atoms with Gasteiger partial charge in [0.2, 0.25) is 5.91 Å². The lowest BCUT2D eigenvalue weighted by Crippen LogP contribution is -2.16. The van der Waals surface area contributed by atoms with Crippen molar-refractivity contribution in [1.29, 1.82) is 0 Å². The molecule has 26 heavy (non-hydrogen) atoms. The molecule has 0 fully saturated rings. The van der Waals surface area contributed by atoms with Crippen LogP contribution in [-0.4, -0.2) is 21.2 Å². The van der Waals surface area contributed by atoms with Crippen LogP contribution in [0.4, 0.5) is 5.69 Å². The molecule has 2 aromatic carbocycles. The zero-order chi connectivity index (χ0) is 18.7. The van der Waals surface area contributed by atoms with E-state index in [1.807, 2.05) is 48.9 Å². The third-order valence-electron chi connectivity index (χ3n) is 3.99. The number of carbonyl (C=O) groups excluding carboxylic acids is 1. The predicted molar refractivity (Wildman–Crippen MR) is 109 cm³/mol. The van der Waals surface area contributed by atoms with Gasteiger partial charge in [-0.1, -0.05) is 41.1 Å². The minimum atomic E-state index is -0.0456. The van der Waals surface area contributed by atoms with Gasteiger partial charge in [0.05, 0.1) is 5.75 Å². The Morgan fingerprint density at radius 3 is 2.46 bits per heavy atom. The number of amides is 1. The highest BCUT2D eigenvalue weighted by Gasteiger charge is 2.12. The fourth-order valence-electron chi connectivity index (χ4n) is 2.88. The van der Waals surface area contributed by atoms with Crippen molar-refractivity contribution in [1.82, 2.24) is 9.55 Å². The van der Waals surface area contributed by atoms with Gasteiger partial charge in [0.15, 0.2) is 5.16 Å². The molecule has 1 N–H and O–H groups in total. The maximum atomic E-state index is 12.4. The molecule has 4 nitrogen and oxygen atoms in total. The SMILES string of the molecule is Cc1cc(C)c(NC(=O)CSc2nccn2-c2ccc(Cl)cc2)c(C)c1. The van der Waals surface area contributed by atoms with Crippen molar-refractivity contribution in [2.75, 3.05) is 11.1 Å². The Hall–Kier alpha value is -2.24. The molecule has 0 bridgehead atoms. The Labute approximate surface area is 162 Å². The summed E-state index contributed by atoms with van der Waals surface area (Å²) in [5, 5.41) is 4.47. The molecule has 1 aromatic heterocycles. The zero-order valence-corrected chi connectivity index (χ0v) is 16.5. The topological polar surface area (TPSA) is 46.9 Å². The first kappa shape index (κ1) is 18.5. The zero-order valence-electron chi connectivity index (χ0n) is 14.9. The molecule has 3 aromatic rings. The second kappa shape index (κ2) is 7.98. The molecule has 0 atom stereocenters. The maximum absolute atomic E-state index is 12.4. The number of nitrogens with one attached hydrogen (secondary N) is 1. The number of carbonyl (C=O) groups is 1. The second-order valence-electron chi connectivity index (χ2n) is 6.17. The summed E-state index contributed by atoms with van der Waals surface area (Å²) in [7, 11) is 0. The molecule has 0 aliphatic heterocycles. The van der Waals surface area contributed by atoms with Gasteiger partial charge < -0.3 is 5.32 Å². The van der Waals surface area contributed by atoms with Crippen molar-refractivity contribution in [3.8, 4) is 5.69 Å². The molecule has 1 heterocycles. The maximum Gasteiger partial charge on any atom is 0.234 e. The largest absolute Gasteiger partial charge is 0.325 e. The molecule has 134 valence electrons. The van der Waals surface area contributed by atoms with E-state index < -0.39 is 0 Å². The van der Waals surface area contributed by atoms with Gasteiger partial charge in [-0.05, 0) is 56.2 Å². The lowest BCUT2D eigenvalue weighted by atomic mass is 10.1. The number of hydrogen-bond donors (Lipinski definition) is 1. The summed E-state index contributed by atoms with van der Waals surface area (Å²) in [4.78, 5) is 16.8. The highest BCUT2D eigenvalue weighted by molar-refractivity contribution is 7.99. The van der Waals surface area contributed by atoms with Gasteiger partial charge in [-0.15, -0.1) is 0 Å². The van der Waals surface area contributed by atoms with Gasteiger partial charge in [-0.3, -0.25) is 9.36 Å². The van der Waals surface area contributed by atoms with Crippen LogP contribution in [0.5, 0.6) is 0 Å². The molecule has 3 rings (SSSR count). The highest BCUT2D eigenvalue weighted by Crippen LogP contribution is 2.24. The first-order valence-electron chi connectivity index (χ1n) is 8.24. The Kier molecular flexibility index (Phi) is 5.69. The lowest BCUT2D eigenvalue weighted by Gasteiger charge is -2.13. The molecule has 0 saturated heterocycles. The van der Waals surface area contributed by atoms with Gasteiger partial charge in [-0.25, -0.2) is 4.98 Å². The van der Waals surface area contributed by atoms with Crippen molar-refractivity contribution in [3.05, 3.63) is 70.5 Å². The molecule has 0 spiro atoms. The Morgan fingerprint density at radius 2 is 1.81 bits per heavy atom. The predicted octanol–water partition coefficient (Wildman–Crippen LogP) is 5.18. The summed E-state index contributed by atoms with van der Waals surface area (Å²) in [6.45, 7) is 6.07. The molecular formula is C20H20ClN3OS. The van der Waals surface area contributed by atoms with Crippen LogP contribution in [0, 0.1) is 20.8 Å². The quantitative estimate of drug-likeness (QED) is 0.615. The Morgan fingerprint density at radius 1 is 1.15 bits per heavy atom. The molecule has 0 unspecified atom stereocenters. The second-order valence-corrected chi connectivity index (χ2v) is 7.55. The van der Waals surface area contributed by atoms with E-state index in [-0.39, 0.29) is 11.7 Å². The number of aromatic nitrogens is 2. The standard InChI is InChI=1S/C20H20ClN3OS/c1-13-10-14(2)19(15(3)11-13)23-18(25)12-26-20-22-8-9-24(20)17-6-4-16(21)5-7-17/h4-11H,12H2,1-3H3,(H,23,25). The fraction of sp³-hybridized carbons (Fsp3) is 0.200. The van der Waals surface area contributed by atoms with Crippen LogP contribution in [0.25, 0.3) is 5.69 Å². The first-order valence-corrected chi connectivity index (χ1v) is 9.60. The molecule has 1 amide bonds. The van der Waals surface area contributed by atoms with Crippen LogP contribution in [0.1, 0.15) is 16.7 Å². The van der Waals surface area contributed by atoms with E-state index in [0.717, 1.165) is 27.7 Å². The molecular weight excluding hydrogens is 366 g/mol. The van der Waals surface area contributed by atoms with Crippen molar-refractivity contribution >= 4 is 35.0 Å². The number of aryl methyl sites for hydroxylation is 3. The summed E-state index contributed by atoms with van der Waals surface area (Å²) in [6, 6.07) is 11.7. The Bertz CT molecular complexity index is 911. The van der Waals surface area contributed by atoms with E-state index >= 15 is 0 Å². The number of hydrogen-bond acceptors (Lipinski definition) is 3. The molecule has 0 aliphatic rings. The minimum Gasteiger partial charge on any atom is -0.325 e. The van der Waals surface area contributed by atoms with Crippen molar-refractivity contribution in [3.63, 3.8) is 0 Å². The van der Waals surface area contributed by atoms with Gasteiger partial charge in [-0.2, -0.15) is 0 Å². The molecule has 0 saturated carbocycles. The van der Waals surface area contributed by atoms with E-state index in [1.54, 1.807) is 6.20 Å². The number of benzene rings is 2. The first-order chi connectivity index (χ1) is 12.4. The summed E-state index contributed by atoms with van der Waals surface area (Å²) in [5.74, 6) is 0.243. The summed E-state index contributed by atoms with van der Waals surface area (Å²) >= 11 is 7.35. The van der Waals surface area contributed by atoms with Crippen LogP contribution in [0.2, 0.25) is 5.02 Å². The number of anilines is 1. The van der Waals surface area contributed by atoms with Gasteiger partial charge >= 0.3 is 0 Å².